The quantitative estimate of drug-likeness (QED) is 0.635. The minimum Gasteiger partial charge on any atom is -0.449 e. The van der Waals surface area contributed by atoms with Gasteiger partial charge in [-0.2, -0.15) is 5.10 Å². The Kier molecular flexibility index (Phi) is 4.38. The fraction of sp³-hybridized carbons (Fsp3) is 0.200. The van der Waals surface area contributed by atoms with E-state index in [1.165, 1.54) is 12.3 Å². The smallest absolute Gasteiger partial charge is 0.427 e. The monoisotopic (exact) mass is 228 g/mol. The average Bonchev–Trinajstić information content (AvgIpc) is 2.24. The summed E-state index contributed by atoms with van der Waals surface area (Å²) in [6, 6.07) is 3.27. The fourth-order valence-electron chi connectivity index (χ4n) is 0.916. The number of carbonyl (C=O) groups is 1. The summed E-state index contributed by atoms with van der Waals surface area (Å²) in [5.74, 6) is -1.91. The number of amides is 1. The SMILES string of the molecule is CCOC(=O)N/N=C/c1ccc(F)c(F)c1. The highest BCUT2D eigenvalue weighted by Crippen LogP contribution is 2.06. The zero-order valence-electron chi connectivity index (χ0n) is 8.54. The van der Waals surface area contributed by atoms with Gasteiger partial charge in [-0.1, -0.05) is 6.07 Å². The first-order chi connectivity index (χ1) is 7.63. The Labute approximate surface area is 90.9 Å². The summed E-state index contributed by atoms with van der Waals surface area (Å²) < 4.78 is 29.8. The third-order valence-corrected chi connectivity index (χ3v) is 1.59. The van der Waals surface area contributed by atoms with E-state index in [1.807, 2.05) is 0 Å². The molecule has 1 amide bonds. The second-order valence-electron chi connectivity index (χ2n) is 2.76. The molecule has 0 heterocycles. The lowest BCUT2D eigenvalue weighted by atomic mass is 10.2. The first-order valence-electron chi connectivity index (χ1n) is 4.54. The number of hydrogen-bond donors (Lipinski definition) is 1. The van der Waals surface area contributed by atoms with E-state index >= 15 is 0 Å². The van der Waals surface area contributed by atoms with Crippen molar-refractivity contribution in [2.75, 3.05) is 6.61 Å². The van der Waals surface area contributed by atoms with Crippen molar-refractivity contribution in [3.8, 4) is 0 Å². The van der Waals surface area contributed by atoms with E-state index in [4.69, 9.17) is 0 Å². The van der Waals surface area contributed by atoms with Crippen LogP contribution in [0.25, 0.3) is 0 Å². The summed E-state index contributed by atoms with van der Waals surface area (Å²) in [4.78, 5) is 10.8. The molecular weight excluding hydrogens is 218 g/mol. The molecule has 0 unspecified atom stereocenters. The largest absolute Gasteiger partial charge is 0.449 e. The number of nitrogens with one attached hydrogen (secondary N) is 1. The molecule has 0 aliphatic heterocycles. The van der Waals surface area contributed by atoms with Crippen molar-refractivity contribution in [3.05, 3.63) is 35.4 Å². The van der Waals surface area contributed by atoms with E-state index in [0.29, 0.717) is 5.56 Å². The Bertz CT molecular complexity index is 408. The number of carbonyl (C=O) groups excluding carboxylic acids is 1. The van der Waals surface area contributed by atoms with Gasteiger partial charge in [-0.15, -0.1) is 0 Å². The molecule has 6 heteroatoms. The van der Waals surface area contributed by atoms with Crippen LogP contribution in [0.15, 0.2) is 23.3 Å². The molecule has 1 N–H and O–H groups in total. The number of halogens is 2. The van der Waals surface area contributed by atoms with Crippen LogP contribution in [0.1, 0.15) is 12.5 Å². The van der Waals surface area contributed by atoms with E-state index in [0.717, 1.165) is 12.1 Å². The molecule has 1 aromatic carbocycles. The number of rotatable bonds is 3. The maximum Gasteiger partial charge on any atom is 0.427 e. The Morgan fingerprint density at radius 3 is 2.88 bits per heavy atom. The lowest BCUT2D eigenvalue weighted by Gasteiger charge is -1.98. The van der Waals surface area contributed by atoms with Crippen LogP contribution in [-0.2, 0) is 4.74 Å². The van der Waals surface area contributed by atoms with Gasteiger partial charge in [0.25, 0.3) is 0 Å². The topological polar surface area (TPSA) is 50.7 Å². The fourth-order valence-corrected chi connectivity index (χ4v) is 0.916. The molecule has 0 spiro atoms. The normalized spacial score (nSPS) is 10.4. The second kappa shape index (κ2) is 5.79. The highest BCUT2D eigenvalue weighted by Gasteiger charge is 2.00. The molecule has 4 nitrogen and oxygen atoms in total. The Morgan fingerprint density at radius 1 is 1.50 bits per heavy atom. The number of hydrazone groups is 1. The van der Waals surface area contributed by atoms with Gasteiger partial charge in [0.15, 0.2) is 11.6 Å². The molecular formula is C10H10F2N2O2. The molecule has 1 rings (SSSR count). The van der Waals surface area contributed by atoms with Crippen LogP contribution in [-0.4, -0.2) is 18.9 Å². The van der Waals surface area contributed by atoms with Gasteiger partial charge < -0.3 is 4.74 Å². The summed E-state index contributed by atoms with van der Waals surface area (Å²) in [7, 11) is 0. The molecule has 0 bridgehead atoms. The van der Waals surface area contributed by atoms with Gasteiger partial charge in [-0.25, -0.2) is 19.0 Å². The molecule has 0 aliphatic carbocycles. The predicted molar refractivity (Wildman–Crippen MR) is 54.1 cm³/mol. The number of benzene rings is 1. The summed E-state index contributed by atoms with van der Waals surface area (Å²) in [5, 5.41) is 3.49. The van der Waals surface area contributed by atoms with Crippen LogP contribution >= 0.6 is 0 Å². The van der Waals surface area contributed by atoms with Gasteiger partial charge >= 0.3 is 6.09 Å². The van der Waals surface area contributed by atoms with E-state index < -0.39 is 17.7 Å². The van der Waals surface area contributed by atoms with Crippen molar-refractivity contribution in [1.82, 2.24) is 5.43 Å². The van der Waals surface area contributed by atoms with Gasteiger partial charge in [-0.05, 0) is 24.6 Å². The van der Waals surface area contributed by atoms with Gasteiger partial charge in [0, 0.05) is 0 Å². The highest BCUT2D eigenvalue weighted by molar-refractivity contribution is 5.80. The minimum absolute atomic E-state index is 0.229. The summed E-state index contributed by atoms with van der Waals surface area (Å²) in [6.07, 6.45) is 0.473. The number of hydrogen-bond acceptors (Lipinski definition) is 3. The highest BCUT2D eigenvalue weighted by atomic mass is 19.2. The standard InChI is InChI=1S/C10H10F2N2O2/c1-2-16-10(15)14-13-6-7-3-4-8(11)9(12)5-7/h3-6H,2H2,1H3,(H,14,15)/b13-6+. The average molecular weight is 228 g/mol. The minimum atomic E-state index is -0.972. The van der Waals surface area contributed by atoms with Gasteiger partial charge in [0.1, 0.15) is 0 Å². The van der Waals surface area contributed by atoms with Crippen LogP contribution in [0.5, 0.6) is 0 Å². The molecule has 16 heavy (non-hydrogen) atoms. The van der Waals surface area contributed by atoms with Crippen molar-refractivity contribution < 1.29 is 18.3 Å². The van der Waals surface area contributed by atoms with E-state index in [2.05, 4.69) is 15.3 Å². The van der Waals surface area contributed by atoms with Crippen molar-refractivity contribution in [2.24, 2.45) is 5.10 Å². The molecule has 0 saturated heterocycles. The lowest BCUT2D eigenvalue weighted by molar-refractivity contribution is 0.152. The maximum absolute atomic E-state index is 12.7. The van der Waals surface area contributed by atoms with Crippen molar-refractivity contribution in [2.45, 2.75) is 6.92 Å². The summed E-state index contributed by atoms with van der Waals surface area (Å²) >= 11 is 0. The zero-order chi connectivity index (χ0) is 12.0. The second-order valence-corrected chi connectivity index (χ2v) is 2.76. The molecule has 0 radical (unpaired) electrons. The van der Waals surface area contributed by atoms with Crippen LogP contribution in [0.2, 0.25) is 0 Å². The summed E-state index contributed by atoms with van der Waals surface area (Å²) in [5.41, 5.74) is 2.39. The Hall–Kier alpha value is -1.98. The third-order valence-electron chi connectivity index (χ3n) is 1.59. The molecule has 1 aromatic rings. The van der Waals surface area contributed by atoms with Crippen molar-refractivity contribution in [1.29, 1.82) is 0 Å². The predicted octanol–water partition coefficient (Wildman–Crippen LogP) is 2.04. The van der Waals surface area contributed by atoms with Crippen molar-refractivity contribution in [3.63, 3.8) is 0 Å². The number of nitrogens with zero attached hydrogens (tertiary/aromatic N) is 1. The maximum atomic E-state index is 12.7. The van der Waals surface area contributed by atoms with Gasteiger partial charge in [-0.3, -0.25) is 0 Å². The third kappa shape index (κ3) is 3.64. The van der Waals surface area contributed by atoms with E-state index in [1.54, 1.807) is 6.92 Å². The molecule has 0 aliphatic rings. The molecule has 0 fully saturated rings. The lowest BCUT2D eigenvalue weighted by Crippen LogP contribution is -2.18. The first kappa shape index (κ1) is 12.1. The van der Waals surface area contributed by atoms with Crippen LogP contribution in [0, 0.1) is 11.6 Å². The van der Waals surface area contributed by atoms with E-state index in [9.17, 15) is 13.6 Å². The molecule has 86 valence electrons. The molecule has 0 atom stereocenters. The van der Waals surface area contributed by atoms with Crippen LogP contribution in [0.3, 0.4) is 0 Å². The Balaban J connectivity index is 2.56. The number of ether oxygens (including phenoxy) is 1. The van der Waals surface area contributed by atoms with Gasteiger partial charge in [0.2, 0.25) is 0 Å². The van der Waals surface area contributed by atoms with Crippen molar-refractivity contribution >= 4 is 12.3 Å². The van der Waals surface area contributed by atoms with E-state index in [-0.39, 0.29) is 6.61 Å². The molecule has 0 aromatic heterocycles. The zero-order valence-corrected chi connectivity index (χ0v) is 8.54. The summed E-state index contributed by atoms with van der Waals surface area (Å²) in [6.45, 7) is 1.88. The van der Waals surface area contributed by atoms with Crippen LogP contribution in [0.4, 0.5) is 13.6 Å². The van der Waals surface area contributed by atoms with Crippen LogP contribution < -0.4 is 5.43 Å². The Morgan fingerprint density at radius 2 is 2.25 bits per heavy atom. The molecule has 0 saturated carbocycles. The first-order valence-corrected chi connectivity index (χ1v) is 4.54. The van der Waals surface area contributed by atoms with Gasteiger partial charge in [0.05, 0.1) is 12.8 Å².